The van der Waals surface area contributed by atoms with Crippen molar-refractivity contribution in [2.24, 2.45) is 5.73 Å². The van der Waals surface area contributed by atoms with Gasteiger partial charge in [0.15, 0.2) is 5.78 Å². The van der Waals surface area contributed by atoms with E-state index in [0.717, 1.165) is 16.0 Å². The molecule has 32 heavy (non-hydrogen) atoms. The van der Waals surface area contributed by atoms with Crippen molar-refractivity contribution >= 4 is 35.1 Å². The van der Waals surface area contributed by atoms with Gasteiger partial charge in [-0.1, -0.05) is 35.9 Å². The molecule has 2 aromatic rings. The Kier molecular flexibility index (Phi) is 6.69. The predicted molar refractivity (Wildman–Crippen MR) is 125 cm³/mol. The van der Waals surface area contributed by atoms with Gasteiger partial charge in [-0.15, -0.1) is 11.8 Å². The fourth-order valence-electron chi connectivity index (χ4n) is 3.76. The van der Waals surface area contributed by atoms with Crippen LogP contribution < -0.4 is 11.1 Å². The molecule has 5 nitrogen and oxygen atoms in total. The summed E-state index contributed by atoms with van der Waals surface area (Å²) in [6.45, 7) is 2.27. The van der Waals surface area contributed by atoms with Crippen LogP contribution in [0.1, 0.15) is 24.1 Å². The first kappa shape index (κ1) is 22.6. The molecule has 2 aliphatic heterocycles. The number of hydrogen-bond donors (Lipinski definition) is 2. The zero-order valence-electron chi connectivity index (χ0n) is 17.4. The van der Waals surface area contributed by atoms with Crippen LogP contribution in [-0.4, -0.2) is 34.4 Å². The Morgan fingerprint density at radius 3 is 2.62 bits per heavy atom. The van der Waals surface area contributed by atoms with E-state index in [1.165, 1.54) is 23.9 Å². The first-order valence-corrected chi connectivity index (χ1v) is 11.6. The molecular formula is C24H23ClFN3O2S. The van der Waals surface area contributed by atoms with Gasteiger partial charge in [-0.25, -0.2) is 4.39 Å². The molecule has 0 saturated carbocycles. The summed E-state index contributed by atoms with van der Waals surface area (Å²) in [7, 11) is 0. The lowest BCUT2D eigenvalue weighted by molar-refractivity contribution is -0.123. The number of halogens is 2. The van der Waals surface area contributed by atoms with E-state index in [2.05, 4.69) is 5.32 Å². The Bertz CT molecular complexity index is 1090. The fraction of sp³-hybridized carbons (Fsp3) is 0.250. The molecule has 3 atom stereocenters. The lowest BCUT2D eigenvalue weighted by Crippen LogP contribution is -2.52. The number of hydrogen-bond acceptors (Lipinski definition) is 5. The number of rotatable bonds is 5. The molecule has 0 spiro atoms. The standard InChI is InChI=1S/C24H23ClFN3O2S/c1-14(16-4-8-19(26)9-5-16)28-24(31)17-10-21-22(23(30)20(27)13-32-21)29(12-17)11-15-2-6-18(25)7-3-15/h2-10,12,14,20,22H,11,13,27H2,1H3,(H,28,31)/t14?,20-,22?/m0/s1. The normalized spacial score (nSPS) is 21.4. The number of nitrogens with one attached hydrogen (secondary N) is 1. The van der Waals surface area contributed by atoms with E-state index in [4.69, 9.17) is 17.3 Å². The maximum absolute atomic E-state index is 13.2. The number of amides is 1. The zero-order chi connectivity index (χ0) is 22.8. The molecule has 0 radical (unpaired) electrons. The van der Waals surface area contributed by atoms with Gasteiger partial charge in [-0.3, -0.25) is 9.59 Å². The van der Waals surface area contributed by atoms with Crippen LogP contribution in [0.5, 0.6) is 0 Å². The molecule has 0 aliphatic carbocycles. The van der Waals surface area contributed by atoms with Gasteiger partial charge in [0.1, 0.15) is 11.9 Å². The highest BCUT2D eigenvalue weighted by atomic mass is 35.5. The summed E-state index contributed by atoms with van der Waals surface area (Å²) in [6, 6.07) is 12.0. The number of thioether (sulfide) groups is 1. The van der Waals surface area contributed by atoms with Crippen LogP contribution in [0.15, 0.2) is 71.3 Å². The second-order valence-electron chi connectivity index (χ2n) is 7.90. The number of carbonyl (C=O) groups excluding carboxylic acids is 2. The lowest BCUT2D eigenvalue weighted by atomic mass is 9.98. The highest BCUT2D eigenvalue weighted by molar-refractivity contribution is 8.03. The molecule has 3 N–H and O–H groups in total. The number of nitrogens with two attached hydrogens (primary N) is 1. The lowest BCUT2D eigenvalue weighted by Gasteiger charge is -2.39. The highest BCUT2D eigenvalue weighted by Gasteiger charge is 2.39. The third kappa shape index (κ3) is 4.90. The maximum Gasteiger partial charge on any atom is 0.253 e. The van der Waals surface area contributed by atoms with E-state index < -0.39 is 12.1 Å². The van der Waals surface area contributed by atoms with E-state index >= 15 is 0 Å². The van der Waals surface area contributed by atoms with Gasteiger partial charge in [0.05, 0.1) is 17.7 Å². The van der Waals surface area contributed by atoms with E-state index in [-0.39, 0.29) is 23.5 Å². The van der Waals surface area contributed by atoms with Gasteiger partial charge >= 0.3 is 0 Å². The van der Waals surface area contributed by atoms with Gasteiger partial charge in [0.25, 0.3) is 5.91 Å². The SMILES string of the molecule is CC(NC(=O)C1=CN(Cc2ccc(Cl)cc2)C2C(=O)[C@@H](N)CSC2=C1)c1ccc(F)cc1. The average molecular weight is 472 g/mol. The molecule has 1 saturated heterocycles. The van der Waals surface area contributed by atoms with Gasteiger partial charge in [-0.05, 0) is 48.4 Å². The second-order valence-corrected chi connectivity index (χ2v) is 9.43. The summed E-state index contributed by atoms with van der Waals surface area (Å²) in [6.07, 6.45) is 3.48. The summed E-state index contributed by atoms with van der Waals surface area (Å²) in [5.74, 6) is -0.166. The Balaban J connectivity index is 1.58. The average Bonchev–Trinajstić information content (AvgIpc) is 2.78. The molecule has 0 bridgehead atoms. The van der Waals surface area contributed by atoms with Crippen LogP contribution in [0.4, 0.5) is 4.39 Å². The van der Waals surface area contributed by atoms with Crippen molar-refractivity contribution < 1.29 is 14.0 Å². The summed E-state index contributed by atoms with van der Waals surface area (Å²) in [5.41, 5.74) is 8.24. The first-order valence-electron chi connectivity index (χ1n) is 10.2. The van der Waals surface area contributed by atoms with Crippen molar-refractivity contribution in [3.8, 4) is 0 Å². The minimum absolute atomic E-state index is 0.0562. The molecule has 8 heteroatoms. The van der Waals surface area contributed by atoms with Crippen LogP contribution in [0.2, 0.25) is 5.02 Å². The number of carbonyl (C=O) groups is 2. The van der Waals surface area contributed by atoms with Crippen molar-refractivity contribution in [2.45, 2.75) is 31.6 Å². The number of nitrogens with zero attached hydrogens (tertiary/aromatic N) is 1. The van der Waals surface area contributed by atoms with E-state index in [9.17, 15) is 14.0 Å². The summed E-state index contributed by atoms with van der Waals surface area (Å²) < 4.78 is 13.2. The van der Waals surface area contributed by atoms with Crippen LogP contribution in [-0.2, 0) is 16.1 Å². The molecule has 2 aliphatic rings. The minimum atomic E-state index is -0.544. The fourth-order valence-corrected chi connectivity index (χ4v) is 5.04. The molecule has 1 fully saturated rings. The van der Waals surface area contributed by atoms with E-state index in [1.54, 1.807) is 36.5 Å². The molecule has 4 rings (SSSR count). The van der Waals surface area contributed by atoms with E-state index in [1.807, 2.05) is 24.0 Å². The third-order valence-electron chi connectivity index (χ3n) is 5.53. The minimum Gasteiger partial charge on any atom is -0.358 e. The van der Waals surface area contributed by atoms with Crippen LogP contribution in [0, 0.1) is 5.82 Å². The van der Waals surface area contributed by atoms with Crippen molar-refractivity contribution in [2.75, 3.05) is 5.75 Å². The Labute approximate surface area is 195 Å². The number of ketones is 1. The van der Waals surface area contributed by atoms with E-state index in [0.29, 0.717) is 22.9 Å². The van der Waals surface area contributed by atoms with Crippen molar-refractivity contribution in [3.63, 3.8) is 0 Å². The first-order chi connectivity index (χ1) is 15.3. The molecule has 2 heterocycles. The smallest absolute Gasteiger partial charge is 0.253 e. The molecule has 2 aromatic carbocycles. The highest BCUT2D eigenvalue weighted by Crippen LogP contribution is 2.36. The van der Waals surface area contributed by atoms with Gasteiger partial charge in [0, 0.05) is 28.4 Å². The summed E-state index contributed by atoms with van der Waals surface area (Å²) in [5, 5.41) is 3.58. The third-order valence-corrected chi connectivity index (χ3v) is 6.98. The number of benzene rings is 2. The molecule has 2 unspecified atom stereocenters. The molecular weight excluding hydrogens is 449 g/mol. The Morgan fingerprint density at radius 2 is 1.94 bits per heavy atom. The van der Waals surface area contributed by atoms with Gasteiger partial charge in [-0.2, -0.15) is 0 Å². The Morgan fingerprint density at radius 1 is 1.25 bits per heavy atom. The molecule has 1 amide bonds. The maximum atomic E-state index is 13.2. The predicted octanol–water partition coefficient (Wildman–Crippen LogP) is 3.95. The van der Waals surface area contributed by atoms with Crippen molar-refractivity contribution in [1.29, 1.82) is 0 Å². The largest absolute Gasteiger partial charge is 0.358 e. The van der Waals surface area contributed by atoms with Crippen molar-refractivity contribution in [1.82, 2.24) is 10.2 Å². The monoisotopic (exact) mass is 471 g/mol. The van der Waals surface area contributed by atoms with Crippen LogP contribution >= 0.6 is 23.4 Å². The Hall–Kier alpha value is -2.61. The molecule has 166 valence electrons. The van der Waals surface area contributed by atoms with Crippen molar-refractivity contribution in [3.05, 3.63) is 93.3 Å². The number of Topliss-reactive ketones (excluding diaryl/α,β-unsaturated/α-hetero) is 1. The second kappa shape index (κ2) is 9.48. The molecule has 0 aromatic heterocycles. The van der Waals surface area contributed by atoms with Crippen LogP contribution in [0.3, 0.4) is 0 Å². The van der Waals surface area contributed by atoms with Gasteiger partial charge < -0.3 is 16.0 Å². The summed E-state index contributed by atoms with van der Waals surface area (Å²) in [4.78, 5) is 28.6. The number of fused-ring (bicyclic) bond motifs is 1. The topological polar surface area (TPSA) is 75.4 Å². The van der Waals surface area contributed by atoms with Gasteiger partial charge in [0.2, 0.25) is 0 Å². The summed E-state index contributed by atoms with van der Waals surface area (Å²) >= 11 is 7.50. The quantitative estimate of drug-likeness (QED) is 0.690. The zero-order valence-corrected chi connectivity index (χ0v) is 19.0. The van der Waals surface area contributed by atoms with Crippen LogP contribution in [0.25, 0.3) is 0 Å².